The number of nitrogens with one attached hydrogen (secondary N) is 1. The molecule has 1 N–H and O–H groups in total. The number of hydrogen-bond donors (Lipinski definition) is 1. The summed E-state index contributed by atoms with van der Waals surface area (Å²) in [5.41, 5.74) is 1.51. The van der Waals surface area contributed by atoms with Gasteiger partial charge in [0.1, 0.15) is 0 Å². The van der Waals surface area contributed by atoms with E-state index in [0.717, 1.165) is 5.56 Å². The van der Waals surface area contributed by atoms with Crippen molar-refractivity contribution in [3.63, 3.8) is 0 Å². The highest BCUT2D eigenvalue weighted by atomic mass is 32.1. The third-order valence-electron chi connectivity index (χ3n) is 3.78. The maximum atomic E-state index is 12.5. The molecule has 130 valence electrons. The number of carbonyl (C=O) groups excluding carboxylic acids is 2. The minimum absolute atomic E-state index is 0.0845. The standard InChI is InChI=1S/C19H21N3O2S/c1-3-22(13-14(2)11-20)19(24)16-8-6-15(7-9-16)12-21-18(23)17-5-4-10-25-17/h4-10,14H,3,12-13H2,1-2H3,(H,21,23). The van der Waals surface area contributed by atoms with Crippen molar-refractivity contribution in [1.29, 1.82) is 5.26 Å². The lowest BCUT2D eigenvalue weighted by Gasteiger charge is -2.22. The summed E-state index contributed by atoms with van der Waals surface area (Å²) in [6.07, 6.45) is 0. The van der Waals surface area contributed by atoms with Crippen molar-refractivity contribution < 1.29 is 9.59 Å². The van der Waals surface area contributed by atoms with Crippen LogP contribution in [0.5, 0.6) is 0 Å². The number of carbonyl (C=O) groups is 2. The maximum Gasteiger partial charge on any atom is 0.261 e. The summed E-state index contributed by atoms with van der Waals surface area (Å²) in [4.78, 5) is 26.8. The Morgan fingerprint density at radius 3 is 2.56 bits per heavy atom. The molecule has 0 spiro atoms. The topological polar surface area (TPSA) is 73.2 Å². The zero-order valence-electron chi connectivity index (χ0n) is 14.4. The van der Waals surface area contributed by atoms with Crippen molar-refractivity contribution in [2.45, 2.75) is 20.4 Å². The van der Waals surface area contributed by atoms with E-state index in [1.54, 1.807) is 30.0 Å². The average molecular weight is 355 g/mol. The van der Waals surface area contributed by atoms with Crippen LogP contribution >= 0.6 is 11.3 Å². The zero-order valence-corrected chi connectivity index (χ0v) is 15.2. The second kappa shape index (κ2) is 9.00. The molecule has 0 aliphatic rings. The zero-order chi connectivity index (χ0) is 18.2. The van der Waals surface area contributed by atoms with Gasteiger partial charge >= 0.3 is 0 Å². The van der Waals surface area contributed by atoms with Crippen LogP contribution in [-0.2, 0) is 6.54 Å². The van der Waals surface area contributed by atoms with Crippen LogP contribution in [0.4, 0.5) is 0 Å². The number of nitrogens with zero attached hydrogens (tertiary/aromatic N) is 2. The minimum atomic E-state index is -0.198. The van der Waals surface area contributed by atoms with E-state index in [9.17, 15) is 9.59 Å². The summed E-state index contributed by atoms with van der Waals surface area (Å²) in [5.74, 6) is -0.382. The first kappa shape index (κ1) is 18.7. The Bertz CT molecular complexity index is 748. The number of amides is 2. The normalized spacial score (nSPS) is 11.4. The molecule has 0 saturated carbocycles. The molecule has 1 unspecified atom stereocenters. The van der Waals surface area contributed by atoms with Gasteiger partial charge in [0.25, 0.3) is 11.8 Å². The fourth-order valence-corrected chi connectivity index (χ4v) is 2.99. The van der Waals surface area contributed by atoms with Crippen molar-refractivity contribution in [1.82, 2.24) is 10.2 Å². The van der Waals surface area contributed by atoms with Gasteiger partial charge in [0, 0.05) is 25.2 Å². The van der Waals surface area contributed by atoms with Gasteiger partial charge in [-0.3, -0.25) is 9.59 Å². The highest BCUT2D eigenvalue weighted by molar-refractivity contribution is 7.12. The average Bonchev–Trinajstić information content (AvgIpc) is 3.18. The first-order valence-electron chi connectivity index (χ1n) is 8.14. The first-order chi connectivity index (χ1) is 12.0. The lowest BCUT2D eigenvalue weighted by atomic mass is 10.1. The largest absolute Gasteiger partial charge is 0.347 e. The SMILES string of the molecule is CCN(CC(C)C#N)C(=O)c1ccc(CNC(=O)c2cccs2)cc1. The quantitative estimate of drug-likeness (QED) is 0.828. The molecular weight excluding hydrogens is 334 g/mol. The van der Waals surface area contributed by atoms with Crippen molar-refractivity contribution >= 4 is 23.2 Å². The second-order valence-electron chi connectivity index (χ2n) is 5.73. The number of benzene rings is 1. The number of hydrogen-bond acceptors (Lipinski definition) is 4. The lowest BCUT2D eigenvalue weighted by molar-refractivity contribution is 0.0752. The van der Waals surface area contributed by atoms with E-state index in [1.807, 2.05) is 30.5 Å². The van der Waals surface area contributed by atoms with Crippen LogP contribution in [0, 0.1) is 17.2 Å². The molecule has 0 aliphatic heterocycles. The summed E-state index contributed by atoms with van der Waals surface area (Å²) in [6.45, 7) is 5.09. The Kier molecular flexibility index (Phi) is 6.72. The Morgan fingerprint density at radius 1 is 1.28 bits per heavy atom. The fourth-order valence-electron chi connectivity index (χ4n) is 2.35. The van der Waals surface area contributed by atoms with Crippen molar-refractivity contribution in [2.24, 2.45) is 5.92 Å². The van der Waals surface area contributed by atoms with E-state index < -0.39 is 0 Å². The molecule has 0 saturated heterocycles. The number of nitriles is 1. The molecule has 0 bridgehead atoms. The van der Waals surface area contributed by atoms with Gasteiger partial charge < -0.3 is 10.2 Å². The summed E-state index contributed by atoms with van der Waals surface area (Å²) >= 11 is 1.40. The van der Waals surface area contributed by atoms with Gasteiger partial charge in [0.2, 0.25) is 0 Å². The summed E-state index contributed by atoms with van der Waals surface area (Å²) in [6, 6.07) is 13.0. The lowest BCUT2D eigenvalue weighted by Crippen LogP contribution is -2.34. The van der Waals surface area contributed by atoms with Gasteiger partial charge in [-0.05, 0) is 43.0 Å². The Morgan fingerprint density at radius 2 is 2.00 bits per heavy atom. The highest BCUT2D eigenvalue weighted by Crippen LogP contribution is 2.11. The van der Waals surface area contributed by atoms with Gasteiger partial charge in [0.05, 0.1) is 16.9 Å². The number of rotatable bonds is 7. The molecule has 2 amide bonds. The predicted molar refractivity (Wildman–Crippen MR) is 98.3 cm³/mol. The molecule has 0 fully saturated rings. The van der Waals surface area contributed by atoms with Crippen LogP contribution in [0.25, 0.3) is 0 Å². The molecule has 1 aromatic heterocycles. The van der Waals surface area contributed by atoms with Gasteiger partial charge in [-0.1, -0.05) is 18.2 Å². The second-order valence-corrected chi connectivity index (χ2v) is 6.68. The van der Waals surface area contributed by atoms with E-state index in [-0.39, 0.29) is 17.7 Å². The molecular formula is C19H21N3O2S. The Balaban J connectivity index is 1.95. The van der Waals surface area contributed by atoms with E-state index in [2.05, 4.69) is 11.4 Å². The predicted octanol–water partition coefficient (Wildman–Crippen LogP) is 3.30. The molecule has 0 aliphatic carbocycles. The third kappa shape index (κ3) is 5.16. The van der Waals surface area contributed by atoms with Gasteiger partial charge in [0.15, 0.2) is 0 Å². The van der Waals surface area contributed by atoms with Crippen LogP contribution in [0.2, 0.25) is 0 Å². The van der Waals surface area contributed by atoms with Crippen molar-refractivity contribution in [2.75, 3.05) is 13.1 Å². The van der Waals surface area contributed by atoms with Crippen LogP contribution in [0.1, 0.15) is 39.4 Å². The molecule has 0 radical (unpaired) electrons. The third-order valence-corrected chi connectivity index (χ3v) is 4.65. The summed E-state index contributed by atoms with van der Waals surface area (Å²) in [7, 11) is 0. The van der Waals surface area contributed by atoms with Gasteiger partial charge in [-0.2, -0.15) is 5.26 Å². The molecule has 6 heteroatoms. The van der Waals surface area contributed by atoms with E-state index >= 15 is 0 Å². The first-order valence-corrected chi connectivity index (χ1v) is 9.02. The minimum Gasteiger partial charge on any atom is -0.347 e. The smallest absolute Gasteiger partial charge is 0.261 e. The highest BCUT2D eigenvalue weighted by Gasteiger charge is 2.16. The van der Waals surface area contributed by atoms with E-state index in [4.69, 9.17) is 5.26 Å². The molecule has 1 aromatic carbocycles. The molecule has 1 heterocycles. The van der Waals surface area contributed by atoms with Crippen LogP contribution in [0.3, 0.4) is 0 Å². The van der Waals surface area contributed by atoms with Crippen LogP contribution < -0.4 is 5.32 Å². The van der Waals surface area contributed by atoms with Crippen molar-refractivity contribution in [3.05, 3.63) is 57.8 Å². The molecule has 5 nitrogen and oxygen atoms in total. The summed E-state index contributed by atoms with van der Waals surface area (Å²) < 4.78 is 0. The monoisotopic (exact) mass is 355 g/mol. The van der Waals surface area contributed by atoms with Crippen LogP contribution in [0.15, 0.2) is 41.8 Å². The van der Waals surface area contributed by atoms with Gasteiger partial charge in [-0.25, -0.2) is 0 Å². The maximum absolute atomic E-state index is 12.5. The Hall–Kier alpha value is -2.65. The summed E-state index contributed by atoms with van der Waals surface area (Å²) in [5, 5.41) is 13.6. The molecule has 2 aromatic rings. The van der Waals surface area contributed by atoms with E-state index in [0.29, 0.717) is 30.1 Å². The number of thiophene rings is 1. The van der Waals surface area contributed by atoms with Gasteiger partial charge in [-0.15, -0.1) is 11.3 Å². The molecule has 2 rings (SSSR count). The molecule has 25 heavy (non-hydrogen) atoms. The van der Waals surface area contributed by atoms with Crippen LogP contribution in [-0.4, -0.2) is 29.8 Å². The Labute approximate surface area is 151 Å². The van der Waals surface area contributed by atoms with E-state index in [1.165, 1.54) is 11.3 Å². The molecule has 1 atom stereocenters. The fraction of sp³-hybridized carbons (Fsp3) is 0.316. The van der Waals surface area contributed by atoms with Crippen molar-refractivity contribution in [3.8, 4) is 6.07 Å².